The molecule has 0 aliphatic carbocycles. The highest BCUT2D eigenvalue weighted by Crippen LogP contribution is 2.15. The third-order valence-corrected chi connectivity index (χ3v) is 3.39. The molecular formula is C17H22N2O. The molecule has 0 aliphatic rings. The van der Waals surface area contributed by atoms with Crippen LogP contribution in [-0.4, -0.2) is 23.4 Å². The van der Waals surface area contributed by atoms with Crippen molar-refractivity contribution in [3.63, 3.8) is 0 Å². The molecule has 0 saturated carbocycles. The molecule has 1 heterocycles. The number of benzene rings is 1. The largest absolute Gasteiger partial charge is 0.364 e. The fourth-order valence-electron chi connectivity index (χ4n) is 2.22. The smallest absolute Gasteiger partial charge is 0.183 e. The van der Waals surface area contributed by atoms with Crippen molar-refractivity contribution in [1.82, 2.24) is 4.57 Å². The van der Waals surface area contributed by atoms with Crippen molar-refractivity contribution < 1.29 is 4.79 Å². The predicted octanol–water partition coefficient (Wildman–Crippen LogP) is 3.51. The van der Waals surface area contributed by atoms with E-state index in [0.29, 0.717) is 6.54 Å². The number of hydrogen-bond donors (Lipinski definition) is 0. The Labute approximate surface area is 120 Å². The monoisotopic (exact) mass is 270 g/mol. The van der Waals surface area contributed by atoms with Crippen LogP contribution >= 0.6 is 0 Å². The summed E-state index contributed by atoms with van der Waals surface area (Å²) in [6.45, 7) is 3.52. The highest BCUT2D eigenvalue weighted by molar-refractivity contribution is 5.99. The third kappa shape index (κ3) is 3.73. The van der Waals surface area contributed by atoms with Gasteiger partial charge in [-0.3, -0.25) is 4.79 Å². The third-order valence-electron chi connectivity index (χ3n) is 3.39. The quantitative estimate of drug-likeness (QED) is 0.719. The average molecular weight is 270 g/mol. The first-order chi connectivity index (χ1) is 9.70. The lowest BCUT2D eigenvalue weighted by molar-refractivity contribution is 0.0999. The second-order valence-corrected chi connectivity index (χ2v) is 5.10. The van der Waals surface area contributed by atoms with Crippen LogP contribution in [0.3, 0.4) is 0 Å². The average Bonchev–Trinajstić information content (AvgIpc) is 2.91. The molecule has 2 aromatic rings. The summed E-state index contributed by atoms with van der Waals surface area (Å²) in [7, 11) is 1.93. The normalized spacial score (nSPS) is 10.5. The standard InChI is InChI=1S/C17H22N2O/c1-3-4-11-19(16-8-6-5-7-9-16)14-17(20)15-10-12-18(2)13-15/h5-10,12-13H,3-4,11,14H2,1-2H3. The summed E-state index contributed by atoms with van der Waals surface area (Å²) in [5, 5.41) is 0. The molecule has 3 heteroatoms. The lowest BCUT2D eigenvalue weighted by Gasteiger charge is -2.23. The topological polar surface area (TPSA) is 25.2 Å². The van der Waals surface area contributed by atoms with Crippen LogP contribution in [-0.2, 0) is 7.05 Å². The van der Waals surface area contributed by atoms with E-state index >= 15 is 0 Å². The van der Waals surface area contributed by atoms with Gasteiger partial charge in [0.2, 0.25) is 0 Å². The summed E-state index contributed by atoms with van der Waals surface area (Å²) in [6, 6.07) is 12.0. The summed E-state index contributed by atoms with van der Waals surface area (Å²) in [4.78, 5) is 14.5. The van der Waals surface area contributed by atoms with Gasteiger partial charge in [-0.05, 0) is 24.6 Å². The van der Waals surface area contributed by atoms with Gasteiger partial charge in [-0.1, -0.05) is 31.5 Å². The number of carbonyl (C=O) groups excluding carboxylic acids is 1. The van der Waals surface area contributed by atoms with E-state index in [9.17, 15) is 4.79 Å². The SMILES string of the molecule is CCCCN(CC(=O)c1ccn(C)c1)c1ccccc1. The number of Topliss-reactive ketones (excluding diaryl/α,β-unsaturated/α-hetero) is 1. The first kappa shape index (κ1) is 14.4. The van der Waals surface area contributed by atoms with Gasteiger partial charge in [0.1, 0.15) is 0 Å². The van der Waals surface area contributed by atoms with E-state index in [2.05, 4.69) is 24.0 Å². The number of nitrogens with zero attached hydrogens (tertiary/aromatic N) is 2. The fourth-order valence-corrected chi connectivity index (χ4v) is 2.22. The molecule has 2 rings (SSSR count). The molecule has 106 valence electrons. The molecule has 0 N–H and O–H groups in total. The summed E-state index contributed by atoms with van der Waals surface area (Å²) in [6.07, 6.45) is 6.01. The van der Waals surface area contributed by atoms with Crippen molar-refractivity contribution >= 4 is 11.5 Å². The molecule has 0 amide bonds. The van der Waals surface area contributed by atoms with Crippen molar-refractivity contribution in [3.05, 3.63) is 54.4 Å². The zero-order valence-corrected chi connectivity index (χ0v) is 12.2. The van der Waals surface area contributed by atoms with Crippen molar-refractivity contribution in [2.45, 2.75) is 19.8 Å². The Balaban J connectivity index is 2.09. The molecule has 0 atom stereocenters. The van der Waals surface area contributed by atoms with E-state index in [4.69, 9.17) is 0 Å². The molecule has 1 aromatic carbocycles. The minimum absolute atomic E-state index is 0.172. The summed E-state index contributed by atoms with van der Waals surface area (Å²) < 4.78 is 1.91. The number of aryl methyl sites for hydroxylation is 1. The number of anilines is 1. The molecule has 1 aromatic heterocycles. The summed E-state index contributed by atoms with van der Waals surface area (Å²) >= 11 is 0. The van der Waals surface area contributed by atoms with Gasteiger partial charge in [-0.25, -0.2) is 0 Å². The molecular weight excluding hydrogens is 248 g/mol. The van der Waals surface area contributed by atoms with E-state index < -0.39 is 0 Å². The van der Waals surface area contributed by atoms with Gasteiger partial charge < -0.3 is 9.47 Å². The maximum absolute atomic E-state index is 12.3. The van der Waals surface area contributed by atoms with Crippen molar-refractivity contribution in [1.29, 1.82) is 0 Å². The van der Waals surface area contributed by atoms with Gasteiger partial charge in [0.05, 0.1) is 6.54 Å². The number of hydrogen-bond acceptors (Lipinski definition) is 2. The lowest BCUT2D eigenvalue weighted by Crippen LogP contribution is -2.30. The number of unbranched alkanes of at least 4 members (excludes halogenated alkanes) is 1. The molecule has 0 saturated heterocycles. The van der Waals surface area contributed by atoms with Crippen LogP contribution < -0.4 is 4.90 Å². The summed E-state index contributed by atoms with van der Waals surface area (Å²) in [5.74, 6) is 0.172. The number of rotatable bonds is 7. The zero-order valence-electron chi connectivity index (χ0n) is 12.2. The Morgan fingerprint density at radius 2 is 1.95 bits per heavy atom. The number of ketones is 1. The minimum Gasteiger partial charge on any atom is -0.364 e. The number of carbonyl (C=O) groups is 1. The predicted molar refractivity (Wildman–Crippen MR) is 83.3 cm³/mol. The molecule has 0 fully saturated rings. The lowest BCUT2D eigenvalue weighted by atomic mass is 10.2. The number of aromatic nitrogens is 1. The van der Waals surface area contributed by atoms with Crippen LogP contribution in [0.5, 0.6) is 0 Å². The van der Waals surface area contributed by atoms with Gasteiger partial charge in [0.15, 0.2) is 5.78 Å². The zero-order chi connectivity index (χ0) is 14.4. The Hall–Kier alpha value is -2.03. The van der Waals surface area contributed by atoms with E-state index in [0.717, 1.165) is 30.6 Å². The van der Waals surface area contributed by atoms with Crippen LogP contribution in [0.15, 0.2) is 48.8 Å². The molecule has 20 heavy (non-hydrogen) atoms. The Kier molecular flexibility index (Phi) is 4.99. The Morgan fingerprint density at radius 1 is 1.20 bits per heavy atom. The molecule has 0 bridgehead atoms. The molecule has 0 aliphatic heterocycles. The van der Waals surface area contributed by atoms with E-state index in [1.807, 2.05) is 48.3 Å². The van der Waals surface area contributed by atoms with Crippen LogP contribution in [0.1, 0.15) is 30.1 Å². The van der Waals surface area contributed by atoms with E-state index in [-0.39, 0.29) is 5.78 Å². The first-order valence-electron chi connectivity index (χ1n) is 7.16. The number of para-hydroxylation sites is 1. The highest BCUT2D eigenvalue weighted by Gasteiger charge is 2.13. The molecule has 0 spiro atoms. The minimum atomic E-state index is 0.172. The van der Waals surface area contributed by atoms with Gasteiger partial charge in [0, 0.05) is 37.2 Å². The van der Waals surface area contributed by atoms with Crippen LogP contribution in [0.25, 0.3) is 0 Å². The fraction of sp³-hybridized carbons (Fsp3) is 0.353. The summed E-state index contributed by atoms with van der Waals surface area (Å²) in [5.41, 5.74) is 1.90. The second-order valence-electron chi connectivity index (χ2n) is 5.10. The Bertz CT molecular complexity index is 545. The van der Waals surface area contributed by atoms with Gasteiger partial charge in [0.25, 0.3) is 0 Å². The van der Waals surface area contributed by atoms with Gasteiger partial charge in [-0.15, -0.1) is 0 Å². The van der Waals surface area contributed by atoms with E-state index in [1.165, 1.54) is 0 Å². The van der Waals surface area contributed by atoms with Crippen molar-refractivity contribution in [2.24, 2.45) is 7.05 Å². The van der Waals surface area contributed by atoms with Gasteiger partial charge >= 0.3 is 0 Å². The second kappa shape index (κ2) is 6.94. The maximum Gasteiger partial charge on any atom is 0.183 e. The van der Waals surface area contributed by atoms with Crippen molar-refractivity contribution in [2.75, 3.05) is 18.0 Å². The van der Waals surface area contributed by atoms with Gasteiger partial charge in [-0.2, -0.15) is 0 Å². The molecule has 0 radical (unpaired) electrons. The first-order valence-corrected chi connectivity index (χ1v) is 7.16. The van der Waals surface area contributed by atoms with Crippen LogP contribution in [0, 0.1) is 0 Å². The van der Waals surface area contributed by atoms with Crippen molar-refractivity contribution in [3.8, 4) is 0 Å². The Morgan fingerprint density at radius 3 is 2.55 bits per heavy atom. The molecule has 0 unspecified atom stereocenters. The maximum atomic E-state index is 12.3. The van der Waals surface area contributed by atoms with E-state index in [1.54, 1.807) is 0 Å². The highest BCUT2D eigenvalue weighted by atomic mass is 16.1. The van der Waals surface area contributed by atoms with Crippen LogP contribution in [0.4, 0.5) is 5.69 Å². The van der Waals surface area contributed by atoms with Crippen LogP contribution in [0.2, 0.25) is 0 Å². The molecule has 3 nitrogen and oxygen atoms in total.